The van der Waals surface area contributed by atoms with Crippen LogP contribution in [0.1, 0.15) is 47.1 Å². The Hall–Kier alpha value is -2.77. The molecule has 0 aliphatic heterocycles. The van der Waals surface area contributed by atoms with Crippen molar-refractivity contribution in [2.24, 2.45) is 0 Å². The molecular formula is C21H32N2O6. The number of alkyl carbamates (subject to hydrolysis) is 1. The quantitative estimate of drug-likeness (QED) is 0.548. The van der Waals surface area contributed by atoms with Gasteiger partial charge in [0.05, 0.1) is 0 Å². The maximum absolute atomic E-state index is 12.4. The molecule has 0 atom stereocenters. The lowest BCUT2D eigenvalue weighted by Crippen LogP contribution is -2.45. The van der Waals surface area contributed by atoms with Crippen LogP contribution >= 0.6 is 0 Å². The molecule has 0 aliphatic carbocycles. The van der Waals surface area contributed by atoms with E-state index in [1.54, 1.807) is 41.5 Å². The summed E-state index contributed by atoms with van der Waals surface area (Å²) in [5.41, 5.74) is -0.524. The molecule has 0 bridgehead atoms. The smallest absolute Gasteiger partial charge is 0.410 e. The number of amides is 2. The number of hydrogen-bond acceptors (Lipinski definition) is 6. The summed E-state index contributed by atoms with van der Waals surface area (Å²) in [6.07, 6.45) is -1.28. The van der Waals surface area contributed by atoms with Crippen molar-refractivity contribution in [2.75, 3.05) is 19.6 Å². The fourth-order valence-electron chi connectivity index (χ4n) is 2.16. The minimum atomic E-state index is -0.717. The van der Waals surface area contributed by atoms with Gasteiger partial charge in [0, 0.05) is 13.1 Å². The fraction of sp³-hybridized carbons (Fsp3) is 0.571. The Morgan fingerprint density at radius 2 is 1.52 bits per heavy atom. The van der Waals surface area contributed by atoms with Gasteiger partial charge in [-0.05, 0) is 47.1 Å². The molecule has 8 heteroatoms. The summed E-state index contributed by atoms with van der Waals surface area (Å²) in [5, 5.41) is 2.56. The molecule has 0 fully saturated rings. The second-order valence-electron chi connectivity index (χ2n) is 8.48. The van der Waals surface area contributed by atoms with Crippen LogP contribution in [0, 0.1) is 0 Å². The van der Waals surface area contributed by atoms with Crippen molar-refractivity contribution in [3.05, 3.63) is 35.9 Å². The standard InChI is InChI=1S/C21H32N2O6/c1-20(2,3)28-17(24)14-23(19(26)29-21(4,5)6)13-12-22-18(25)27-15-16-10-8-7-9-11-16/h7-11H,12-15H2,1-6H3,(H,22,25). The van der Waals surface area contributed by atoms with Crippen molar-refractivity contribution >= 4 is 18.2 Å². The summed E-state index contributed by atoms with van der Waals surface area (Å²) in [4.78, 5) is 37.5. The fourth-order valence-corrected chi connectivity index (χ4v) is 2.16. The summed E-state index contributed by atoms with van der Waals surface area (Å²) in [6, 6.07) is 9.27. The number of rotatable bonds is 7. The third-order valence-electron chi connectivity index (χ3n) is 3.26. The summed E-state index contributed by atoms with van der Waals surface area (Å²) >= 11 is 0. The molecule has 0 aliphatic rings. The summed E-state index contributed by atoms with van der Waals surface area (Å²) in [6.45, 7) is 10.4. The van der Waals surface area contributed by atoms with Crippen LogP contribution in [0.25, 0.3) is 0 Å². The van der Waals surface area contributed by atoms with Gasteiger partial charge in [0.2, 0.25) is 0 Å². The molecule has 0 spiro atoms. The largest absolute Gasteiger partial charge is 0.459 e. The second kappa shape index (κ2) is 10.7. The SMILES string of the molecule is CC(C)(C)OC(=O)CN(CCNC(=O)OCc1ccccc1)C(=O)OC(C)(C)C. The van der Waals surface area contributed by atoms with Crippen LogP contribution < -0.4 is 5.32 Å². The highest BCUT2D eigenvalue weighted by molar-refractivity contribution is 5.78. The van der Waals surface area contributed by atoms with Crippen LogP contribution in [0.2, 0.25) is 0 Å². The molecule has 2 amide bonds. The molecule has 0 aromatic heterocycles. The van der Waals surface area contributed by atoms with Gasteiger partial charge < -0.3 is 19.5 Å². The zero-order valence-electron chi connectivity index (χ0n) is 18.1. The number of esters is 1. The minimum Gasteiger partial charge on any atom is -0.459 e. The second-order valence-corrected chi connectivity index (χ2v) is 8.48. The van der Waals surface area contributed by atoms with Crippen LogP contribution in [-0.2, 0) is 25.6 Å². The van der Waals surface area contributed by atoms with Gasteiger partial charge in [-0.3, -0.25) is 9.69 Å². The highest BCUT2D eigenvalue weighted by atomic mass is 16.6. The first-order chi connectivity index (χ1) is 13.4. The molecule has 1 N–H and O–H groups in total. The molecule has 162 valence electrons. The molecule has 0 heterocycles. The van der Waals surface area contributed by atoms with Gasteiger partial charge >= 0.3 is 18.2 Å². The number of benzene rings is 1. The molecule has 8 nitrogen and oxygen atoms in total. The predicted octanol–water partition coefficient (Wildman–Crippen LogP) is 3.49. The van der Waals surface area contributed by atoms with Crippen LogP contribution in [-0.4, -0.2) is 53.9 Å². The zero-order chi connectivity index (χ0) is 22.1. The lowest BCUT2D eigenvalue weighted by molar-refractivity contribution is -0.156. The lowest BCUT2D eigenvalue weighted by atomic mass is 10.2. The van der Waals surface area contributed by atoms with Gasteiger partial charge in [0.25, 0.3) is 0 Å². The maximum Gasteiger partial charge on any atom is 0.410 e. The number of carbonyl (C=O) groups is 3. The number of nitrogens with one attached hydrogen (secondary N) is 1. The third kappa shape index (κ3) is 11.6. The number of hydrogen-bond donors (Lipinski definition) is 1. The van der Waals surface area contributed by atoms with E-state index in [1.165, 1.54) is 4.90 Å². The average molecular weight is 408 g/mol. The van der Waals surface area contributed by atoms with Crippen molar-refractivity contribution in [1.29, 1.82) is 0 Å². The van der Waals surface area contributed by atoms with Crippen molar-refractivity contribution in [2.45, 2.75) is 59.4 Å². The van der Waals surface area contributed by atoms with E-state index < -0.39 is 29.4 Å². The number of carbonyl (C=O) groups excluding carboxylic acids is 3. The van der Waals surface area contributed by atoms with Crippen LogP contribution in [0.3, 0.4) is 0 Å². The molecule has 1 aromatic carbocycles. The molecule has 1 rings (SSSR count). The first kappa shape index (κ1) is 24.3. The maximum atomic E-state index is 12.4. The van der Waals surface area contributed by atoms with Gasteiger partial charge in [0.1, 0.15) is 24.4 Å². The molecular weight excluding hydrogens is 376 g/mol. The third-order valence-corrected chi connectivity index (χ3v) is 3.26. The van der Waals surface area contributed by atoms with E-state index in [0.717, 1.165) is 5.56 Å². The van der Waals surface area contributed by atoms with E-state index in [4.69, 9.17) is 14.2 Å². The normalized spacial score (nSPS) is 11.4. The summed E-state index contributed by atoms with van der Waals surface area (Å²) < 4.78 is 15.7. The molecule has 0 saturated carbocycles. The van der Waals surface area contributed by atoms with Gasteiger partial charge in [0.15, 0.2) is 0 Å². The van der Waals surface area contributed by atoms with Crippen molar-refractivity contribution in [3.63, 3.8) is 0 Å². The van der Waals surface area contributed by atoms with Gasteiger partial charge in [-0.1, -0.05) is 30.3 Å². The molecule has 29 heavy (non-hydrogen) atoms. The van der Waals surface area contributed by atoms with Crippen molar-refractivity contribution in [3.8, 4) is 0 Å². The highest BCUT2D eigenvalue weighted by Gasteiger charge is 2.26. The Labute approximate surface area is 172 Å². The molecule has 0 unspecified atom stereocenters. The molecule has 0 saturated heterocycles. The van der Waals surface area contributed by atoms with E-state index in [9.17, 15) is 14.4 Å². The lowest BCUT2D eigenvalue weighted by Gasteiger charge is -2.28. The van der Waals surface area contributed by atoms with Crippen LogP contribution in [0.15, 0.2) is 30.3 Å². The Morgan fingerprint density at radius 3 is 2.07 bits per heavy atom. The number of ether oxygens (including phenoxy) is 3. The van der Waals surface area contributed by atoms with Crippen LogP contribution in [0.4, 0.5) is 9.59 Å². The average Bonchev–Trinajstić information content (AvgIpc) is 2.57. The summed E-state index contributed by atoms with van der Waals surface area (Å²) in [7, 11) is 0. The Kier molecular flexibility index (Phi) is 8.94. The zero-order valence-corrected chi connectivity index (χ0v) is 18.1. The van der Waals surface area contributed by atoms with Gasteiger partial charge in [-0.2, -0.15) is 0 Å². The van der Waals surface area contributed by atoms with Crippen molar-refractivity contribution < 1.29 is 28.6 Å². The highest BCUT2D eigenvalue weighted by Crippen LogP contribution is 2.11. The van der Waals surface area contributed by atoms with Crippen molar-refractivity contribution in [1.82, 2.24) is 10.2 Å². The molecule has 1 aromatic rings. The van der Waals surface area contributed by atoms with E-state index >= 15 is 0 Å². The first-order valence-electron chi connectivity index (χ1n) is 9.50. The Morgan fingerprint density at radius 1 is 0.931 bits per heavy atom. The van der Waals surface area contributed by atoms with E-state index in [2.05, 4.69) is 5.32 Å². The number of nitrogens with zero attached hydrogens (tertiary/aromatic N) is 1. The predicted molar refractivity (Wildman–Crippen MR) is 108 cm³/mol. The van der Waals surface area contributed by atoms with E-state index in [1.807, 2.05) is 30.3 Å². The van der Waals surface area contributed by atoms with Gasteiger partial charge in [-0.15, -0.1) is 0 Å². The van der Waals surface area contributed by atoms with Gasteiger partial charge in [-0.25, -0.2) is 9.59 Å². The molecule has 0 radical (unpaired) electrons. The minimum absolute atomic E-state index is 0.0641. The Balaban J connectivity index is 2.55. The van der Waals surface area contributed by atoms with E-state index in [-0.39, 0.29) is 26.2 Å². The summed E-state index contributed by atoms with van der Waals surface area (Å²) in [5.74, 6) is -0.560. The Bertz CT molecular complexity index is 677. The monoisotopic (exact) mass is 408 g/mol. The topological polar surface area (TPSA) is 94.2 Å². The van der Waals surface area contributed by atoms with Crippen LogP contribution in [0.5, 0.6) is 0 Å². The van der Waals surface area contributed by atoms with E-state index in [0.29, 0.717) is 0 Å². The first-order valence-corrected chi connectivity index (χ1v) is 9.50.